The number of hydrogen-bond donors (Lipinski definition) is 2. The molecule has 0 saturated carbocycles. The lowest BCUT2D eigenvalue weighted by Gasteiger charge is -2.09. The lowest BCUT2D eigenvalue weighted by Crippen LogP contribution is -2.14. The van der Waals surface area contributed by atoms with Crippen LogP contribution in [0.2, 0.25) is 0 Å². The van der Waals surface area contributed by atoms with E-state index in [1.54, 1.807) is 18.5 Å². The lowest BCUT2D eigenvalue weighted by molar-refractivity contribution is 0.102. The summed E-state index contributed by atoms with van der Waals surface area (Å²) in [6.07, 6.45) is 4.37. The molecule has 0 bridgehead atoms. The molecule has 2 aromatic heterocycles. The van der Waals surface area contributed by atoms with Crippen LogP contribution in [0.3, 0.4) is 0 Å². The van der Waals surface area contributed by atoms with Crippen molar-refractivity contribution in [3.05, 3.63) is 60.6 Å². The van der Waals surface area contributed by atoms with E-state index in [4.69, 9.17) is 0 Å². The van der Waals surface area contributed by atoms with E-state index in [1.165, 1.54) is 0 Å². The van der Waals surface area contributed by atoms with Crippen LogP contribution < -0.4 is 10.6 Å². The Labute approximate surface area is 134 Å². The number of carbonyl (C=O) groups excluding carboxylic acids is 1. The Bertz CT molecular complexity index is 827. The monoisotopic (exact) mass is 306 g/mol. The van der Waals surface area contributed by atoms with Crippen molar-refractivity contribution in [1.82, 2.24) is 9.97 Å². The van der Waals surface area contributed by atoms with Gasteiger partial charge in [0.1, 0.15) is 5.69 Å². The average molecular weight is 306 g/mol. The second-order valence-electron chi connectivity index (χ2n) is 5.19. The Hall–Kier alpha value is -2.95. The van der Waals surface area contributed by atoms with E-state index in [9.17, 15) is 4.79 Å². The van der Waals surface area contributed by atoms with Crippen molar-refractivity contribution in [1.29, 1.82) is 0 Å². The number of amides is 1. The normalized spacial score (nSPS) is 10.5. The highest BCUT2D eigenvalue weighted by Crippen LogP contribution is 2.21. The van der Waals surface area contributed by atoms with Crippen LogP contribution in [0, 0.1) is 0 Å². The Morgan fingerprint density at radius 1 is 1.09 bits per heavy atom. The highest BCUT2D eigenvalue weighted by atomic mass is 16.1. The number of pyridine rings is 2. The van der Waals surface area contributed by atoms with E-state index in [0.29, 0.717) is 11.4 Å². The molecular weight excluding hydrogens is 288 g/mol. The van der Waals surface area contributed by atoms with Gasteiger partial charge in [0, 0.05) is 30.0 Å². The van der Waals surface area contributed by atoms with Crippen LogP contribution in [0.1, 0.15) is 23.8 Å². The zero-order valence-electron chi connectivity index (χ0n) is 12.9. The molecule has 0 aliphatic carbocycles. The van der Waals surface area contributed by atoms with Crippen LogP contribution in [-0.4, -0.2) is 22.4 Å². The maximum absolute atomic E-state index is 12.5. The summed E-state index contributed by atoms with van der Waals surface area (Å²) in [5.74, 6) is -0.247. The minimum atomic E-state index is -0.247. The fourth-order valence-electron chi connectivity index (χ4n) is 2.33. The summed E-state index contributed by atoms with van der Waals surface area (Å²) in [4.78, 5) is 20.9. The van der Waals surface area contributed by atoms with Crippen LogP contribution in [0.4, 0.5) is 11.4 Å². The first kappa shape index (κ1) is 15.0. The molecule has 2 N–H and O–H groups in total. The molecule has 3 rings (SSSR count). The first-order valence-corrected chi connectivity index (χ1v) is 7.63. The van der Waals surface area contributed by atoms with Gasteiger partial charge in [-0.1, -0.05) is 25.1 Å². The molecule has 3 aromatic rings. The zero-order valence-corrected chi connectivity index (χ0v) is 12.9. The Morgan fingerprint density at radius 2 is 1.96 bits per heavy atom. The molecular formula is C18H18N4O. The standard InChI is InChI=1S/C18H18N4O/c1-2-9-19-14-8-11-20-16(12-14)18(23)22-15-7-3-5-13-6-4-10-21-17(13)15/h3-8,10-12H,2,9H2,1H3,(H,19,20)(H,22,23). The SMILES string of the molecule is CCCNc1ccnc(C(=O)Nc2cccc3cccnc23)c1. The van der Waals surface area contributed by atoms with Crippen LogP contribution in [0.15, 0.2) is 54.9 Å². The molecule has 0 spiro atoms. The van der Waals surface area contributed by atoms with Gasteiger partial charge in [0.05, 0.1) is 11.2 Å². The van der Waals surface area contributed by atoms with Gasteiger partial charge >= 0.3 is 0 Å². The van der Waals surface area contributed by atoms with Crippen molar-refractivity contribution in [2.45, 2.75) is 13.3 Å². The van der Waals surface area contributed by atoms with Gasteiger partial charge in [0.25, 0.3) is 5.91 Å². The van der Waals surface area contributed by atoms with Crippen molar-refractivity contribution in [3.63, 3.8) is 0 Å². The molecule has 5 heteroatoms. The Kier molecular flexibility index (Phi) is 4.47. The van der Waals surface area contributed by atoms with Crippen molar-refractivity contribution in [3.8, 4) is 0 Å². The maximum Gasteiger partial charge on any atom is 0.274 e. The second kappa shape index (κ2) is 6.87. The molecule has 0 aliphatic heterocycles. The summed E-state index contributed by atoms with van der Waals surface area (Å²) in [6.45, 7) is 2.95. The van der Waals surface area contributed by atoms with Crippen LogP contribution >= 0.6 is 0 Å². The van der Waals surface area contributed by atoms with E-state index < -0.39 is 0 Å². The molecule has 0 saturated heterocycles. The van der Waals surface area contributed by atoms with E-state index in [-0.39, 0.29) is 5.91 Å². The average Bonchev–Trinajstić information content (AvgIpc) is 2.60. The number of carbonyl (C=O) groups is 1. The third-order valence-corrected chi connectivity index (χ3v) is 3.45. The minimum absolute atomic E-state index is 0.247. The fourth-order valence-corrected chi connectivity index (χ4v) is 2.33. The Morgan fingerprint density at radius 3 is 2.83 bits per heavy atom. The molecule has 1 amide bonds. The summed E-state index contributed by atoms with van der Waals surface area (Å²) in [7, 11) is 0. The number of para-hydroxylation sites is 1. The Balaban J connectivity index is 1.83. The first-order valence-electron chi connectivity index (χ1n) is 7.63. The van der Waals surface area contributed by atoms with Gasteiger partial charge in [-0.3, -0.25) is 14.8 Å². The summed E-state index contributed by atoms with van der Waals surface area (Å²) in [5.41, 5.74) is 2.72. The third-order valence-electron chi connectivity index (χ3n) is 3.45. The number of nitrogens with one attached hydrogen (secondary N) is 2. The van der Waals surface area contributed by atoms with E-state index >= 15 is 0 Å². The van der Waals surface area contributed by atoms with Crippen molar-refractivity contribution in [2.75, 3.05) is 17.2 Å². The summed E-state index contributed by atoms with van der Waals surface area (Å²) in [6, 6.07) is 13.1. The number of aromatic nitrogens is 2. The van der Waals surface area contributed by atoms with Gasteiger partial charge < -0.3 is 10.6 Å². The van der Waals surface area contributed by atoms with E-state index in [2.05, 4.69) is 27.5 Å². The highest BCUT2D eigenvalue weighted by Gasteiger charge is 2.10. The molecule has 0 radical (unpaired) electrons. The summed E-state index contributed by atoms with van der Waals surface area (Å²) < 4.78 is 0. The van der Waals surface area contributed by atoms with Gasteiger partial charge in [0.2, 0.25) is 0 Å². The van der Waals surface area contributed by atoms with E-state index in [0.717, 1.165) is 29.6 Å². The molecule has 23 heavy (non-hydrogen) atoms. The predicted octanol–water partition coefficient (Wildman–Crippen LogP) is 3.70. The quantitative estimate of drug-likeness (QED) is 0.754. The molecule has 0 unspecified atom stereocenters. The van der Waals surface area contributed by atoms with Gasteiger partial charge in [0.15, 0.2) is 0 Å². The van der Waals surface area contributed by atoms with Crippen LogP contribution in [0.25, 0.3) is 10.9 Å². The summed E-state index contributed by atoms with van der Waals surface area (Å²) in [5, 5.41) is 7.13. The number of benzene rings is 1. The largest absolute Gasteiger partial charge is 0.385 e. The van der Waals surface area contributed by atoms with Gasteiger partial charge in [-0.15, -0.1) is 0 Å². The predicted molar refractivity (Wildman–Crippen MR) is 92.7 cm³/mol. The highest BCUT2D eigenvalue weighted by molar-refractivity contribution is 6.07. The van der Waals surface area contributed by atoms with Crippen molar-refractivity contribution >= 4 is 28.2 Å². The molecule has 2 heterocycles. The number of fused-ring (bicyclic) bond motifs is 1. The van der Waals surface area contributed by atoms with Gasteiger partial charge in [-0.25, -0.2) is 0 Å². The number of anilines is 2. The maximum atomic E-state index is 12.5. The molecule has 116 valence electrons. The van der Waals surface area contributed by atoms with Crippen molar-refractivity contribution < 1.29 is 4.79 Å². The zero-order chi connectivity index (χ0) is 16.1. The fraction of sp³-hybridized carbons (Fsp3) is 0.167. The first-order chi connectivity index (χ1) is 11.3. The number of nitrogens with zero attached hydrogens (tertiary/aromatic N) is 2. The van der Waals surface area contributed by atoms with E-state index in [1.807, 2.05) is 36.4 Å². The molecule has 1 aromatic carbocycles. The minimum Gasteiger partial charge on any atom is -0.385 e. The van der Waals surface area contributed by atoms with Crippen LogP contribution in [0.5, 0.6) is 0 Å². The van der Waals surface area contributed by atoms with Crippen molar-refractivity contribution in [2.24, 2.45) is 0 Å². The van der Waals surface area contributed by atoms with Crippen LogP contribution in [-0.2, 0) is 0 Å². The second-order valence-corrected chi connectivity index (χ2v) is 5.19. The lowest BCUT2D eigenvalue weighted by atomic mass is 10.2. The molecule has 0 fully saturated rings. The number of hydrogen-bond acceptors (Lipinski definition) is 4. The number of rotatable bonds is 5. The smallest absolute Gasteiger partial charge is 0.274 e. The molecule has 0 atom stereocenters. The topological polar surface area (TPSA) is 66.9 Å². The van der Waals surface area contributed by atoms with Gasteiger partial charge in [-0.2, -0.15) is 0 Å². The molecule has 5 nitrogen and oxygen atoms in total. The third kappa shape index (κ3) is 3.45. The van der Waals surface area contributed by atoms with Gasteiger partial charge in [-0.05, 0) is 30.7 Å². The summed E-state index contributed by atoms with van der Waals surface area (Å²) >= 11 is 0. The molecule has 0 aliphatic rings.